The molecule has 0 amide bonds. The van der Waals surface area contributed by atoms with Crippen molar-refractivity contribution in [3.05, 3.63) is 101 Å². The van der Waals surface area contributed by atoms with E-state index in [-0.39, 0.29) is 30.4 Å². The summed E-state index contributed by atoms with van der Waals surface area (Å²) in [5, 5.41) is 12.2. The third kappa shape index (κ3) is 6.08. The van der Waals surface area contributed by atoms with Gasteiger partial charge in [-0.3, -0.25) is 0 Å². The molecule has 3 aromatic carbocycles. The summed E-state index contributed by atoms with van der Waals surface area (Å²) in [4.78, 5) is 10.9. The quantitative estimate of drug-likeness (QED) is 0.568. The fourth-order valence-electron chi connectivity index (χ4n) is 2.64. The van der Waals surface area contributed by atoms with Gasteiger partial charge in [0.1, 0.15) is 18.2 Å². The molecular formula is C22H21ClFNO3. The summed E-state index contributed by atoms with van der Waals surface area (Å²) in [5.74, 6) is -0.519. The van der Waals surface area contributed by atoms with E-state index in [1.165, 1.54) is 6.07 Å². The summed E-state index contributed by atoms with van der Waals surface area (Å²) in [6.07, 6.45) is 0. The van der Waals surface area contributed by atoms with Crippen LogP contribution < -0.4 is 10.1 Å². The number of hydrogen-bond donors (Lipinski definition) is 2. The van der Waals surface area contributed by atoms with Gasteiger partial charge in [-0.05, 0) is 41.5 Å². The van der Waals surface area contributed by atoms with Crippen molar-refractivity contribution >= 4 is 18.4 Å². The predicted octanol–water partition coefficient (Wildman–Crippen LogP) is 4.81. The maximum absolute atomic E-state index is 13.6. The van der Waals surface area contributed by atoms with Crippen molar-refractivity contribution in [2.75, 3.05) is 0 Å². The minimum atomic E-state index is -0.929. The standard InChI is InChI=1S/C22H20FNO3.ClH/c23-21-7-2-1-5-19(21)15-27-20-6-3-4-17(12-20)14-24-13-16-8-10-18(11-9-16)22(25)26;/h1-12,24H,13-15H2,(H,25,26);1H. The van der Waals surface area contributed by atoms with E-state index in [4.69, 9.17) is 9.84 Å². The van der Waals surface area contributed by atoms with Crippen molar-refractivity contribution in [2.45, 2.75) is 19.7 Å². The van der Waals surface area contributed by atoms with Crippen LogP contribution >= 0.6 is 12.4 Å². The van der Waals surface area contributed by atoms with Crippen molar-refractivity contribution in [1.82, 2.24) is 5.32 Å². The highest BCUT2D eigenvalue weighted by atomic mass is 35.5. The van der Waals surface area contributed by atoms with Crippen molar-refractivity contribution in [1.29, 1.82) is 0 Å². The molecule has 6 heteroatoms. The average Bonchev–Trinajstić information content (AvgIpc) is 2.68. The van der Waals surface area contributed by atoms with Crippen LogP contribution in [0.15, 0.2) is 72.8 Å². The highest BCUT2D eigenvalue weighted by Gasteiger charge is 2.04. The summed E-state index contributed by atoms with van der Waals surface area (Å²) in [5.41, 5.74) is 2.85. The van der Waals surface area contributed by atoms with Gasteiger partial charge >= 0.3 is 5.97 Å². The molecule has 0 aliphatic rings. The Morgan fingerprint density at radius 2 is 1.64 bits per heavy atom. The van der Waals surface area contributed by atoms with E-state index < -0.39 is 5.97 Å². The zero-order chi connectivity index (χ0) is 19.1. The molecule has 0 saturated carbocycles. The lowest BCUT2D eigenvalue weighted by atomic mass is 10.1. The summed E-state index contributed by atoms with van der Waals surface area (Å²) in [6.45, 7) is 1.44. The van der Waals surface area contributed by atoms with Gasteiger partial charge in [-0.15, -0.1) is 12.4 Å². The average molecular weight is 402 g/mol. The van der Waals surface area contributed by atoms with Crippen LogP contribution in [0.5, 0.6) is 5.75 Å². The van der Waals surface area contributed by atoms with Crippen LogP contribution in [-0.4, -0.2) is 11.1 Å². The number of carbonyl (C=O) groups is 1. The Balaban J connectivity index is 0.00000280. The second-order valence-electron chi connectivity index (χ2n) is 6.13. The number of hydrogen-bond acceptors (Lipinski definition) is 3. The molecule has 3 aromatic rings. The normalized spacial score (nSPS) is 10.2. The number of halogens is 2. The van der Waals surface area contributed by atoms with Crippen LogP contribution in [0.4, 0.5) is 4.39 Å². The van der Waals surface area contributed by atoms with Gasteiger partial charge in [-0.1, -0.05) is 42.5 Å². The highest BCUT2D eigenvalue weighted by molar-refractivity contribution is 5.87. The lowest BCUT2D eigenvalue weighted by Gasteiger charge is -2.10. The van der Waals surface area contributed by atoms with Crippen molar-refractivity contribution in [3.63, 3.8) is 0 Å². The molecule has 28 heavy (non-hydrogen) atoms. The minimum Gasteiger partial charge on any atom is -0.489 e. The maximum atomic E-state index is 13.6. The van der Waals surface area contributed by atoms with Crippen molar-refractivity contribution < 1.29 is 19.0 Å². The first-order valence-electron chi connectivity index (χ1n) is 8.60. The number of carboxylic acid groups (broad SMARTS) is 1. The molecule has 146 valence electrons. The Hall–Kier alpha value is -2.89. The molecule has 0 aliphatic carbocycles. The molecule has 0 radical (unpaired) electrons. The van der Waals surface area contributed by atoms with Crippen LogP contribution in [0.2, 0.25) is 0 Å². The molecule has 4 nitrogen and oxygen atoms in total. The van der Waals surface area contributed by atoms with Gasteiger partial charge in [0, 0.05) is 18.7 Å². The zero-order valence-electron chi connectivity index (χ0n) is 15.1. The van der Waals surface area contributed by atoms with Crippen LogP contribution in [0.3, 0.4) is 0 Å². The monoisotopic (exact) mass is 401 g/mol. The van der Waals surface area contributed by atoms with Crippen LogP contribution in [0, 0.1) is 5.82 Å². The number of benzene rings is 3. The molecule has 0 aliphatic heterocycles. The molecule has 2 N–H and O–H groups in total. The van der Waals surface area contributed by atoms with E-state index in [9.17, 15) is 9.18 Å². The lowest BCUT2D eigenvalue weighted by Crippen LogP contribution is -2.13. The third-order valence-corrected chi connectivity index (χ3v) is 4.11. The molecule has 0 bridgehead atoms. The van der Waals surface area contributed by atoms with E-state index in [2.05, 4.69) is 5.32 Å². The first kappa shape index (κ1) is 21.4. The SMILES string of the molecule is Cl.O=C(O)c1ccc(CNCc2cccc(OCc3ccccc3F)c2)cc1. The maximum Gasteiger partial charge on any atom is 0.335 e. The summed E-state index contributed by atoms with van der Waals surface area (Å²) >= 11 is 0. The van der Waals surface area contributed by atoms with Gasteiger partial charge in [-0.25, -0.2) is 9.18 Å². The molecule has 0 fully saturated rings. The first-order valence-corrected chi connectivity index (χ1v) is 8.60. The molecule has 0 saturated heterocycles. The zero-order valence-corrected chi connectivity index (χ0v) is 15.9. The summed E-state index contributed by atoms with van der Waals surface area (Å²) in [6, 6.07) is 21.0. The molecule has 0 spiro atoms. The molecule has 0 heterocycles. The Morgan fingerprint density at radius 1 is 0.929 bits per heavy atom. The van der Waals surface area contributed by atoms with Gasteiger partial charge in [0.25, 0.3) is 0 Å². The Kier molecular flexibility index (Phi) is 7.99. The van der Waals surface area contributed by atoms with Crippen LogP contribution in [0.25, 0.3) is 0 Å². The topological polar surface area (TPSA) is 58.6 Å². The molecule has 0 unspecified atom stereocenters. The lowest BCUT2D eigenvalue weighted by molar-refractivity contribution is 0.0697. The number of nitrogens with one attached hydrogen (secondary N) is 1. The largest absolute Gasteiger partial charge is 0.489 e. The van der Waals surface area contributed by atoms with Gasteiger partial charge in [0.2, 0.25) is 0 Å². The summed E-state index contributed by atoms with van der Waals surface area (Å²) in [7, 11) is 0. The molecule has 0 atom stereocenters. The fourth-order valence-corrected chi connectivity index (χ4v) is 2.64. The van der Waals surface area contributed by atoms with Gasteiger partial charge in [0.05, 0.1) is 5.56 Å². The van der Waals surface area contributed by atoms with Crippen molar-refractivity contribution in [3.8, 4) is 5.75 Å². The highest BCUT2D eigenvalue weighted by Crippen LogP contribution is 2.16. The predicted molar refractivity (Wildman–Crippen MR) is 108 cm³/mol. The van der Waals surface area contributed by atoms with Gasteiger partial charge in [-0.2, -0.15) is 0 Å². The number of aromatic carboxylic acids is 1. The second-order valence-corrected chi connectivity index (χ2v) is 6.13. The van der Waals surface area contributed by atoms with E-state index >= 15 is 0 Å². The van der Waals surface area contributed by atoms with Gasteiger partial charge < -0.3 is 15.2 Å². The Labute approximate surface area is 169 Å². The molecular weight excluding hydrogens is 381 g/mol. The smallest absolute Gasteiger partial charge is 0.335 e. The molecule has 3 rings (SSSR count). The number of ether oxygens (including phenoxy) is 1. The fraction of sp³-hybridized carbons (Fsp3) is 0.136. The molecule has 0 aromatic heterocycles. The van der Waals surface area contributed by atoms with Crippen LogP contribution in [-0.2, 0) is 19.7 Å². The number of rotatable bonds is 8. The second kappa shape index (κ2) is 10.4. The summed E-state index contributed by atoms with van der Waals surface area (Å²) < 4.78 is 19.3. The van der Waals surface area contributed by atoms with Crippen LogP contribution in [0.1, 0.15) is 27.0 Å². The van der Waals surface area contributed by atoms with Gasteiger partial charge in [0.15, 0.2) is 0 Å². The Bertz CT molecular complexity index is 916. The third-order valence-electron chi connectivity index (χ3n) is 4.11. The van der Waals surface area contributed by atoms with E-state index in [1.54, 1.807) is 42.5 Å². The van der Waals surface area contributed by atoms with E-state index in [0.29, 0.717) is 24.4 Å². The van der Waals surface area contributed by atoms with E-state index in [0.717, 1.165) is 11.1 Å². The minimum absolute atomic E-state index is 0. The van der Waals surface area contributed by atoms with E-state index in [1.807, 2.05) is 24.3 Å². The first-order chi connectivity index (χ1) is 13.1. The van der Waals surface area contributed by atoms with Crippen molar-refractivity contribution in [2.24, 2.45) is 0 Å². The number of carboxylic acids is 1. The Morgan fingerprint density at radius 3 is 2.36 bits per heavy atom.